The van der Waals surface area contributed by atoms with Crippen molar-refractivity contribution >= 4 is 5.78 Å². The van der Waals surface area contributed by atoms with Gasteiger partial charge in [-0.25, -0.2) is 0 Å². The fourth-order valence-electron chi connectivity index (χ4n) is 2.73. The third-order valence-electron chi connectivity index (χ3n) is 4.03. The zero-order chi connectivity index (χ0) is 14.7. The van der Waals surface area contributed by atoms with Crippen LogP contribution in [0.15, 0.2) is 18.2 Å². The van der Waals surface area contributed by atoms with E-state index in [9.17, 15) is 9.90 Å². The van der Waals surface area contributed by atoms with Gasteiger partial charge in [-0.3, -0.25) is 9.69 Å². The van der Waals surface area contributed by atoms with Crippen molar-refractivity contribution < 1.29 is 14.6 Å². The molecule has 0 saturated carbocycles. The Morgan fingerprint density at radius 2 is 2.25 bits per heavy atom. The Morgan fingerprint density at radius 1 is 1.50 bits per heavy atom. The van der Waals surface area contributed by atoms with Crippen LogP contribution in [0, 0.1) is 5.92 Å². The van der Waals surface area contributed by atoms with Gasteiger partial charge in [0.05, 0.1) is 13.2 Å². The number of rotatable bonds is 4. The number of hydrogen-bond donors (Lipinski definition) is 1. The maximum atomic E-state index is 11.5. The van der Waals surface area contributed by atoms with E-state index in [1.54, 1.807) is 20.1 Å². The summed E-state index contributed by atoms with van der Waals surface area (Å²) in [5.41, 5.74) is 1.75. The number of methoxy groups -OCH3 is 1. The SMILES string of the molecule is COc1ccc(C(C)=O)cc1CN1CCC(O)C(C)C1. The Bertz CT molecular complexity index is 487. The normalized spacial score (nSPS) is 23.6. The van der Waals surface area contributed by atoms with E-state index in [1.807, 2.05) is 12.1 Å². The van der Waals surface area contributed by atoms with Crippen molar-refractivity contribution in [3.05, 3.63) is 29.3 Å². The molecule has 0 radical (unpaired) electrons. The summed E-state index contributed by atoms with van der Waals surface area (Å²) >= 11 is 0. The molecular formula is C16H23NO3. The number of piperidine rings is 1. The van der Waals surface area contributed by atoms with Gasteiger partial charge in [-0.1, -0.05) is 6.92 Å². The molecule has 1 heterocycles. The van der Waals surface area contributed by atoms with Crippen molar-refractivity contribution in [2.45, 2.75) is 32.9 Å². The second kappa shape index (κ2) is 6.37. The number of aliphatic hydroxyl groups excluding tert-OH is 1. The molecule has 0 aromatic heterocycles. The highest BCUT2D eigenvalue weighted by molar-refractivity contribution is 5.94. The Hall–Kier alpha value is -1.39. The van der Waals surface area contributed by atoms with Crippen LogP contribution in [0.1, 0.15) is 36.2 Å². The molecule has 0 bridgehead atoms. The molecule has 1 aliphatic heterocycles. The van der Waals surface area contributed by atoms with Crippen LogP contribution in [-0.4, -0.2) is 42.1 Å². The van der Waals surface area contributed by atoms with E-state index in [-0.39, 0.29) is 17.8 Å². The quantitative estimate of drug-likeness (QED) is 0.856. The number of carbonyl (C=O) groups is 1. The standard InChI is InChI=1S/C16H23NO3/c1-11-9-17(7-6-15(11)19)10-14-8-13(12(2)18)4-5-16(14)20-3/h4-5,8,11,15,19H,6-7,9-10H2,1-3H3. The van der Waals surface area contributed by atoms with Crippen LogP contribution in [0.4, 0.5) is 0 Å². The van der Waals surface area contributed by atoms with Crippen LogP contribution in [0.5, 0.6) is 5.75 Å². The fraction of sp³-hybridized carbons (Fsp3) is 0.562. The first-order valence-electron chi connectivity index (χ1n) is 7.09. The van der Waals surface area contributed by atoms with E-state index >= 15 is 0 Å². The van der Waals surface area contributed by atoms with E-state index in [1.165, 1.54) is 0 Å². The smallest absolute Gasteiger partial charge is 0.159 e. The number of nitrogens with zero attached hydrogens (tertiary/aromatic N) is 1. The number of Topliss-reactive ketones (excluding diaryl/α,β-unsaturated/α-hetero) is 1. The number of aliphatic hydroxyl groups is 1. The van der Waals surface area contributed by atoms with Gasteiger partial charge in [0.1, 0.15) is 5.75 Å². The van der Waals surface area contributed by atoms with Crippen molar-refractivity contribution in [1.82, 2.24) is 4.90 Å². The number of likely N-dealkylation sites (tertiary alicyclic amines) is 1. The first kappa shape index (κ1) is 15.0. The highest BCUT2D eigenvalue weighted by Crippen LogP contribution is 2.25. The molecule has 1 N–H and O–H groups in total. The predicted octanol–water partition coefficient (Wildman–Crippen LogP) is 2.10. The molecule has 1 fully saturated rings. The lowest BCUT2D eigenvalue weighted by Crippen LogP contribution is -2.41. The van der Waals surface area contributed by atoms with Crippen LogP contribution in [0.2, 0.25) is 0 Å². The number of hydrogen-bond acceptors (Lipinski definition) is 4. The topological polar surface area (TPSA) is 49.8 Å². The monoisotopic (exact) mass is 277 g/mol. The first-order valence-corrected chi connectivity index (χ1v) is 7.09. The lowest BCUT2D eigenvalue weighted by atomic mass is 9.96. The van der Waals surface area contributed by atoms with Crippen LogP contribution >= 0.6 is 0 Å². The lowest BCUT2D eigenvalue weighted by Gasteiger charge is -2.34. The zero-order valence-corrected chi connectivity index (χ0v) is 12.4. The third-order valence-corrected chi connectivity index (χ3v) is 4.03. The van der Waals surface area contributed by atoms with E-state index in [2.05, 4.69) is 11.8 Å². The summed E-state index contributed by atoms with van der Waals surface area (Å²) in [5, 5.41) is 9.78. The molecule has 110 valence electrons. The zero-order valence-electron chi connectivity index (χ0n) is 12.4. The molecule has 0 spiro atoms. The van der Waals surface area contributed by atoms with Gasteiger partial charge < -0.3 is 9.84 Å². The second-order valence-corrected chi connectivity index (χ2v) is 5.65. The largest absolute Gasteiger partial charge is 0.496 e. The van der Waals surface area contributed by atoms with Crippen molar-refractivity contribution in [1.29, 1.82) is 0 Å². The van der Waals surface area contributed by atoms with Gasteiger partial charge in [0, 0.05) is 30.8 Å². The first-order chi connectivity index (χ1) is 9.51. The summed E-state index contributed by atoms with van der Waals surface area (Å²) in [5.74, 6) is 1.16. The van der Waals surface area contributed by atoms with Gasteiger partial charge >= 0.3 is 0 Å². The maximum Gasteiger partial charge on any atom is 0.159 e. The molecule has 2 rings (SSSR count). The minimum Gasteiger partial charge on any atom is -0.496 e. The van der Waals surface area contributed by atoms with E-state index in [4.69, 9.17) is 4.74 Å². The molecule has 2 unspecified atom stereocenters. The summed E-state index contributed by atoms with van der Waals surface area (Å²) in [4.78, 5) is 13.8. The minimum absolute atomic E-state index is 0.0661. The van der Waals surface area contributed by atoms with Crippen molar-refractivity contribution in [3.8, 4) is 5.75 Å². The Morgan fingerprint density at radius 3 is 2.85 bits per heavy atom. The molecule has 20 heavy (non-hydrogen) atoms. The molecule has 2 atom stereocenters. The van der Waals surface area contributed by atoms with Crippen molar-refractivity contribution in [2.24, 2.45) is 5.92 Å². The van der Waals surface area contributed by atoms with Crippen LogP contribution < -0.4 is 4.74 Å². The molecule has 1 saturated heterocycles. The Balaban J connectivity index is 2.15. The van der Waals surface area contributed by atoms with E-state index in [0.717, 1.165) is 37.4 Å². The molecule has 1 aromatic carbocycles. The number of carbonyl (C=O) groups excluding carboxylic acids is 1. The van der Waals surface area contributed by atoms with Gasteiger partial charge in [-0.2, -0.15) is 0 Å². The van der Waals surface area contributed by atoms with E-state index in [0.29, 0.717) is 5.56 Å². The number of ether oxygens (including phenoxy) is 1. The number of ketones is 1. The second-order valence-electron chi connectivity index (χ2n) is 5.65. The van der Waals surface area contributed by atoms with Gasteiger partial charge in [0.2, 0.25) is 0 Å². The summed E-state index contributed by atoms with van der Waals surface area (Å²) in [6.45, 7) is 6.14. The van der Waals surface area contributed by atoms with Gasteiger partial charge in [-0.15, -0.1) is 0 Å². The molecule has 1 aliphatic rings. The van der Waals surface area contributed by atoms with Gasteiger partial charge in [0.15, 0.2) is 5.78 Å². The molecular weight excluding hydrogens is 254 g/mol. The lowest BCUT2D eigenvalue weighted by molar-refractivity contribution is 0.0318. The molecule has 0 amide bonds. The van der Waals surface area contributed by atoms with Crippen LogP contribution in [0.3, 0.4) is 0 Å². The summed E-state index contributed by atoms with van der Waals surface area (Å²) in [7, 11) is 1.65. The molecule has 0 aliphatic carbocycles. The molecule has 1 aromatic rings. The third kappa shape index (κ3) is 3.38. The molecule has 4 nitrogen and oxygen atoms in total. The summed E-state index contributed by atoms with van der Waals surface area (Å²) < 4.78 is 5.38. The Kier molecular flexibility index (Phi) is 4.78. The average Bonchev–Trinajstić information content (AvgIpc) is 2.42. The highest BCUT2D eigenvalue weighted by atomic mass is 16.5. The average molecular weight is 277 g/mol. The van der Waals surface area contributed by atoms with Gasteiger partial charge in [-0.05, 0) is 37.5 Å². The minimum atomic E-state index is -0.198. The van der Waals surface area contributed by atoms with E-state index < -0.39 is 0 Å². The predicted molar refractivity (Wildman–Crippen MR) is 78.1 cm³/mol. The Labute approximate surface area is 120 Å². The van der Waals surface area contributed by atoms with Gasteiger partial charge in [0.25, 0.3) is 0 Å². The van der Waals surface area contributed by atoms with Crippen molar-refractivity contribution in [3.63, 3.8) is 0 Å². The van der Waals surface area contributed by atoms with Crippen LogP contribution in [0.25, 0.3) is 0 Å². The highest BCUT2D eigenvalue weighted by Gasteiger charge is 2.24. The summed E-state index contributed by atoms with van der Waals surface area (Å²) in [6.07, 6.45) is 0.604. The maximum absolute atomic E-state index is 11.5. The summed E-state index contributed by atoms with van der Waals surface area (Å²) in [6, 6.07) is 5.57. The fourth-order valence-corrected chi connectivity index (χ4v) is 2.73. The van der Waals surface area contributed by atoms with Crippen molar-refractivity contribution in [2.75, 3.05) is 20.2 Å². The molecule has 4 heteroatoms. The number of benzene rings is 1. The van der Waals surface area contributed by atoms with Crippen LogP contribution in [-0.2, 0) is 6.54 Å².